The van der Waals surface area contributed by atoms with Crippen LogP contribution in [0.25, 0.3) is 32.9 Å². The van der Waals surface area contributed by atoms with Crippen molar-refractivity contribution in [1.82, 2.24) is 19.9 Å². The molecule has 3 aliphatic rings. The maximum atomic E-state index is 17.7. The third-order valence-electron chi connectivity index (χ3n) is 13.0. The quantitative estimate of drug-likeness (QED) is 0.108. The van der Waals surface area contributed by atoms with Crippen LogP contribution in [0, 0.1) is 29.0 Å². The zero-order valence-electron chi connectivity index (χ0n) is 35.7. The molecule has 4 atom stereocenters. The lowest BCUT2D eigenvalue weighted by molar-refractivity contribution is 0.00451. The fraction of sp³-hybridized carbons (Fsp3) is 0.556. The number of anilines is 1. The molecule has 2 bridgehead atoms. The molecule has 4 aromatic rings. The molecule has 0 unspecified atom stereocenters. The van der Waals surface area contributed by atoms with Crippen molar-refractivity contribution < 1.29 is 26.7 Å². The number of ether oxygens (including phenoxy) is 1. The molecule has 9 nitrogen and oxygen atoms in total. The van der Waals surface area contributed by atoms with Gasteiger partial charge in [-0.05, 0) is 80.4 Å². The molecule has 1 amide bonds. The lowest BCUT2D eigenvalue weighted by Gasteiger charge is -2.50. The van der Waals surface area contributed by atoms with Gasteiger partial charge in [0.05, 0.1) is 40.5 Å². The minimum absolute atomic E-state index is 0.00882. The third-order valence-corrected chi connectivity index (χ3v) is 20.8. The van der Waals surface area contributed by atoms with Gasteiger partial charge in [0.2, 0.25) is 15.0 Å². The Kier molecular flexibility index (Phi) is 11.0. The summed E-state index contributed by atoms with van der Waals surface area (Å²) in [6.45, 7) is 22.8. The lowest BCUT2D eigenvalue weighted by atomic mass is 9.85. The number of aromatic nitrogens is 3. The summed E-state index contributed by atoms with van der Waals surface area (Å²) in [4.78, 5) is 31.9. The van der Waals surface area contributed by atoms with Crippen molar-refractivity contribution in [3.8, 4) is 22.7 Å². The van der Waals surface area contributed by atoms with Gasteiger partial charge in [0, 0.05) is 17.5 Å². The maximum Gasteiger partial charge on any atom is 0.410 e. The fourth-order valence-electron chi connectivity index (χ4n) is 10.3. The van der Waals surface area contributed by atoms with Crippen molar-refractivity contribution in [2.75, 3.05) is 17.2 Å². The van der Waals surface area contributed by atoms with E-state index in [0.29, 0.717) is 69.2 Å². The SMILES string of the molecule is CCS(=O)(=O)c1nc2c3c(nc(-c4cccc5ccc(F)c(C#C[Si](C(C)C)(C(C)C)C(C)C)c45)c(F)c3n1)CC[C@H](C)[C@H]1[C@@H]3CC[C@H](CN21)N3C(=O)OC(C)(C)C. The first-order valence-corrected chi connectivity index (χ1v) is 24.8. The average molecular weight is 830 g/mol. The molecular weight excluding hydrogens is 773 g/mol. The van der Waals surface area contributed by atoms with Crippen LogP contribution in [0.2, 0.25) is 16.6 Å². The summed E-state index contributed by atoms with van der Waals surface area (Å²) < 4.78 is 67.0. The largest absolute Gasteiger partial charge is 0.444 e. The number of hydrogen-bond donors (Lipinski definition) is 0. The summed E-state index contributed by atoms with van der Waals surface area (Å²) in [6.07, 6.45) is 2.20. The van der Waals surface area contributed by atoms with Crippen LogP contribution in [0.4, 0.5) is 19.4 Å². The molecule has 0 aliphatic carbocycles. The zero-order valence-corrected chi connectivity index (χ0v) is 37.5. The van der Waals surface area contributed by atoms with E-state index >= 15 is 8.78 Å². The summed E-state index contributed by atoms with van der Waals surface area (Å²) in [7, 11) is -6.30. The third kappa shape index (κ3) is 6.95. The molecule has 2 saturated heterocycles. The molecular formula is C45H57F2N5O4SSi. The van der Waals surface area contributed by atoms with Gasteiger partial charge in [-0.25, -0.2) is 36.9 Å². The van der Waals surface area contributed by atoms with Gasteiger partial charge in [-0.2, -0.15) is 0 Å². The van der Waals surface area contributed by atoms with Gasteiger partial charge >= 0.3 is 6.09 Å². The second-order valence-electron chi connectivity index (χ2n) is 18.5. The van der Waals surface area contributed by atoms with Crippen molar-refractivity contribution in [3.63, 3.8) is 0 Å². The Bertz CT molecular complexity index is 2450. The van der Waals surface area contributed by atoms with E-state index in [1.54, 1.807) is 18.2 Å². The predicted octanol–water partition coefficient (Wildman–Crippen LogP) is 10.0. The number of nitrogens with zero attached hydrogens (tertiary/aromatic N) is 5. The molecule has 2 fully saturated rings. The number of fused-ring (bicyclic) bond motifs is 6. The van der Waals surface area contributed by atoms with Gasteiger partial charge in [0.15, 0.2) is 5.82 Å². The van der Waals surface area contributed by atoms with E-state index in [9.17, 15) is 13.2 Å². The summed E-state index contributed by atoms with van der Waals surface area (Å²) in [6, 6.07) is 7.81. The van der Waals surface area contributed by atoms with Gasteiger partial charge in [-0.3, -0.25) is 4.90 Å². The summed E-state index contributed by atoms with van der Waals surface area (Å²) in [5.41, 5.74) is 4.87. The summed E-state index contributed by atoms with van der Waals surface area (Å²) in [5.74, 6) is 2.07. The number of sulfone groups is 1. The van der Waals surface area contributed by atoms with E-state index in [2.05, 4.69) is 69.8 Å². The standard InChI is InChI=1S/C45H57F2N5O4SSi/c1-12-57(54,55)43-49-40-37-34(20-16-28(8)41-35-21-18-30(24-51(41)42(37)50-43)52(35)44(53)56-45(9,10)11)48-39(38(40)47)32-15-13-14-29-17-19-33(46)31(36(29)32)22-23-58(25(2)3,26(4)5)27(6)7/h13-15,17,19,25-28,30,35,41H,12,16,18,20-21,24H2,1-11H3/t28-,30+,35-,41-/m0/s1. The van der Waals surface area contributed by atoms with Gasteiger partial charge in [0.25, 0.3) is 0 Å². The number of halogens is 2. The number of pyridine rings is 1. The van der Waals surface area contributed by atoms with E-state index in [0.717, 1.165) is 12.8 Å². The van der Waals surface area contributed by atoms with Crippen LogP contribution in [0.5, 0.6) is 0 Å². The number of carbonyl (C=O) groups excluding carboxylic acids is 1. The zero-order chi connectivity index (χ0) is 42.2. The van der Waals surface area contributed by atoms with E-state index in [1.165, 1.54) is 13.0 Å². The first-order chi connectivity index (χ1) is 27.2. The molecule has 5 heterocycles. The van der Waals surface area contributed by atoms with Crippen LogP contribution in [-0.4, -0.2) is 78.5 Å². The van der Waals surface area contributed by atoms with Crippen molar-refractivity contribution in [1.29, 1.82) is 0 Å². The van der Waals surface area contributed by atoms with Crippen LogP contribution < -0.4 is 4.90 Å². The molecule has 0 radical (unpaired) electrons. The Morgan fingerprint density at radius 3 is 2.29 bits per heavy atom. The van der Waals surface area contributed by atoms with Crippen molar-refractivity contribution in [2.45, 2.75) is 147 Å². The van der Waals surface area contributed by atoms with Gasteiger partial charge in [-0.15, -0.1) is 5.54 Å². The molecule has 0 saturated carbocycles. The van der Waals surface area contributed by atoms with Crippen LogP contribution >= 0.6 is 0 Å². The Morgan fingerprint density at radius 2 is 1.66 bits per heavy atom. The first kappa shape index (κ1) is 42.0. The monoisotopic (exact) mass is 829 g/mol. The summed E-state index contributed by atoms with van der Waals surface area (Å²) >= 11 is 0. The molecule has 13 heteroatoms. The number of carbonyl (C=O) groups is 1. The van der Waals surface area contributed by atoms with Gasteiger partial charge < -0.3 is 9.64 Å². The molecule has 7 rings (SSSR count). The lowest BCUT2D eigenvalue weighted by Crippen LogP contribution is -2.64. The van der Waals surface area contributed by atoms with Gasteiger partial charge in [-0.1, -0.05) is 85.6 Å². The first-order valence-electron chi connectivity index (χ1n) is 20.9. The topological polar surface area (TPSA) is 106 Å². The second-order valence-corrected chi connectivity index (χ2v) is 26.2. The molecule has 2 aromatic carbocycles. The van der Waals surface area contributed by atoms with E-state index in [4.69, 9.17) is 14.7 Å². The Balaban J connectivity index is 1.48. The molecule has 0 N–H and O–H groups in total. The summed E-state index contributed by atoms with van der Waals surface area (Å²) in [5, 5.41) is 1.05. The number of piperazine rings is 1. The minimum atomic E-state index is -4.01. The van der Waals surface area contributed by atoms with Crippen LogP contribution in [0.15, 0.2) is 35.5 Å². The number of rotatable bonds is 6. The second kappa shape index (κ2) is 15.1. The number of aryl methyl sites for hydroxylation is 1. The smallest absolute Gasteiger partial charge is 0.410 e. The van der Waals surface area contributed by atoms with Crippen molar-refractivity contribution in [2.24, 2.45) is 5.92 Å². The normalized spacial score (nSPS) is 21.0. The van der Waals surface area contributed by atoms with Crippen LogP contribution in [0.1, 0.15) is 107 Å². The molecule has 3 aliphatic heterocycles. The minimum Gasteiger partial charge on any atom is -0.444 e. The Hall–Kier alpha value is -4.15. The molecule has 58 heavy (non-hydrogen) atoms. The number of amides is 1. The number of benzene rings is 2. The van der Waals surface area contributed by atoms with Crippen LogP contribution in [-0.2, 0) is 21.0 Å². The highest BCUT2D eigenvalue weighted by Crippen LogP contribution is 2.46. The highest BCUT2D eigenvalue weighted by atomic mass is 32.2. The highest BCUT2D eigenvalue weighted by molar-refractivity contribution is 7.91. The van der Waals surface area contributed by atoms with Crippen molar-refractivity contribution >= 4 is 51.5 Å². The predicted molar refractivity (Wildman–Crippen MR) is 229 cm³/mol. The van der Waals surface area contributed by atoms with E-state index < -0.39 is 40.3 Å². The number of hydrogen-bond acceptors (Lipinski definition) is 8. The fourth-order valence-corrected chi connectivity index (χ4v) is 16.3. The average Bonchev–Trinajstić information content (AvgIpc) is 3.46. The molecule has 310 valence electrons. The van der Waals surface area contributed by atoms with Gasteiger partial charge in [0.1, 0.15) is 36.5 Å². The van der Waals surface area contributed by atoms with Crippen molar-refractivity contribution in [3.05, 3.63) is 53.2 Å². The highest BCUT2D eigenvalue weighted by Gasteiger charge is 2.52. The molecule has 0 spiro atoms. The maximum absolute atomic E-state index is 17.7. The van der Waals surface area contributed by atoms with E-state index in [1.807, 2.05) is 31.7 Å². The Labute approximate surface area is 343 Å². The Morgan fingerprint density at radius 1 is 0.966 bits per heavy atom. The van der Waals surface area contributed by atoms with Crippen LogP contribution in [0.3, 0.4) is 0 Å². The van der Waals surface area contributed by atoms with E-state index in [-0.39, 0.29) is 52.7 Å². The molecule has 2 aromatic heterocycles.